The molecule has 1 fully saturated rings. The van der Waals surface area contributed by atoms with E-state index in [1.807, 2.05) is 0 Å². The fourth-order valence-corrected chi connectivity index (χ4v) is 2.52. The summed E-state index contributed by atoms with van der Waals surface area (Å²) in [5, 5.41) is 16.3. The van der Waals surface area contributed by atoms with E-state index in [9.17, 15) is 9.59 Å². The molecule has 0 aliphatic carbocycles. The first-order valence-corrected chi connectivity index (χ1v) is 6.51. The molecule has 0 spiro atoms. The Labute approximate surface area is 108 Å². The van der Waals surface area contributed by atoms with Crippen molar-refractivity contribution in [2.45, 2.75) is 18.9 Å². The summed E-state index contributed by atoms with van der Waals surface area (Å²) in [7, 11) is 0. The van der Waals surface area contributed by atoms with Crippen molar-refractivity contribution in [3.8, 4) is 0 Å². The molecule has 0 bridgehead atoms. The predicted molar refractivity (Wildman–Crippen MR) is 67.3 cm³/mol. The third-order valence-corrected chi connectivity index (χ3v) is 3.51. The maximum Gasteiger partial charge on any atom is 0.338 e. The zero-order valence-electron chi connectivity index (χ0n) is 9.64. The molecule has 0 aromatic carbocycles. The number of ether oxygens (including phenoxy) is 1. The zero-order chi connectivity index (χ0) is 13.0. The second kappa shape index (κ2) is 5.83. The van der Waals surface area contributed by atoms with Gasteiger partial charge in [-0.05, 0) is 24.3 Å². The average molecular weight is 270 g/mol. The van der Waals surface area contributed by atoms with Gasteiger partial charge in [0.15, 0.2) is 0 Å². The molecule has 7 heteroatoms. The van der Waals surface area contributed by atoms with Gasteiger partial charge in [0.2, 0.25) is 0 Å². The molecule has 1 aliphatic rings. The molecule has 2 rings (SSSR count). The van der Waals surface area contributed by atoms with Crippen LogP contribution in [0, 0.1) is 0 Å². The maximum atomic E-state index is 11.7. The van der Waals surface area contributed by atoms with Gasteiger partial charge in [-0.2, -0.15) is 0 Å². The zero-order valence-corrected chi connectivity index (χ0v) is 10.5. The second-order valence-electron chi connectivity index (χ2n) is 3.95. The number of nitrogens with one attached hydrogen (secondary N) is 2. The Morgan fingerprint density at radius 2 is 2.11 bits per heavy atom. The third kappa shape index (κ3) is 3.21. The average Bonchev–Trinajstić information content (AvgIpc) is 2.78. The molecule has 98 valence electrons. The van der Waals surface area contributed by atoms with Crippen molar-refractivity contribution < 1.29 is 19.4 Å². The van der Waals surface area contributed by atoms with E-state index in [0.29, 0.717) is 18.2 Å². The summed E-state index contributed by atoms with van der Waals surface area (Å²) in [6, 6.07) is 1.19. The monoisotopic (exact) mass is 270 g/mol. The molecule has 1 aromatic rings. The Kier molecular flexibility index (Phi) is 4.16. The lowest BCUT2D eigenvalue weighted by molar-refractivity contribution is 0.0698. The molecule has 6 nitrogen and oxygen atoms in total. The molecule has 0 radical (unpaired) electrons. The molecule has 0 unspecified atom stereocenters. The van der Waals surface area contributed by atoms with Crippen LogP contribution in [0.5, 0.6) is 0 Å². The number of carbonyl (C=O) groups excluding carboxylic acids is 1. The second-order valence-corrected chi connectivity index (χ2v) is 4.87. The minimum atomic E-state index is -1.04. The molecule has 0 saturated carbocycles. The molecule has 1 saturated heterocycles. The van der Waals surface area contributed by atoms with E-state index in [0.717, 1.165) is 12.8 Å². The van der Waals surface area contributed by atoms with Crippen molar-refractivity contribution in [3.05, 3.63) is 17.0 Å². The lowest BCUT2D eigenvalue weighted by atomic mass is 10.1. The van der Waals surface area contributed by atoms with Gasteiger partial charge < -0.3 is 15.2 Å². The lowest BCUT2D eigenvalue weighted by Gasteiger charge is -2.23. The number of carboxylic acid groups (broad SMARTS) is 1. The predicted octanol–water partition coefficient (Wildman–Crippen LogP) is 1.75. The smallest absolute Gasteiger partial charge is 0.338 e. The van der Waals surface area contributed by atoms with Crippen LogP contribution in [-0.4, -0.2) is 36.4 Å². The number of thiophene rings is 1. The summed E-state index contributed by atoms with van der Waals surface area (Å²) in [5.74, 6) is -1.04. The number of aromatic carboxylic acids is 1. The van der Waals surface area contributed by atoms with E-state index in [1.165, 1.54) is 17.4 Å². The summed E-state index contributed by atoms with van der Waals surface area (Å²) in [6.07, 6.45) is 1.56. The summed E-state index contributed by atoms with van der Waals surface area (Å²) in [5.41, 5.74) is 0.113. The minimum Gasteiger partial charge on any atom is -0.478 e. The summed E-state index contributed by atoms with van der Waals surface area (Å²) < 4.78 is 5.19. The Balaban J connectivity index is 1.90. The van der Waals surface area contributed by atoms with E-state index in [4.69, 9.17) is 9.84 Å². The van der Waals surface area contributed by atoms with Crippen molar-refractivity contribution in [1.29, 1.82) is 0 Å². The summed E-state index contributed by atoms with van der Waals surface area (Å²) >= 11 is 1.19. The number of urea groups is 1. The van der Waals surface area contributed by atoms with Gasteiger partial charge in [-0.1, -0.05) is 0 Å². The van der Waals surface area contributed by atoms with Gasteiger partial charge in [0, 0.05) is 19.3 Å². The highest BCUT2D eigenvalue weighted by Crippen LogP contribution is 2.23. The first-order valence-electron chi connectivity index (χ1n) is 5.63. The molecule has 3 N–H and O–H groups in total. The maximum absolute atomic E-state index is 11.7. The van der Waals surface area contributed by atoms with E-state index < -0.39 is 5.97 Å². The van der Waals surface area contributed by atoms with Crippen molar-refractivity contribution in [3.63, 3.8) is 0 Å². The largest absolute Gasteiger partial charge is 0.478 e. The number of carboxylic acids is 1. The third-order valence-electron chi connectivity index (χ3n) is 2.68. The van der Waals surface area contributed by atoms with Gasteiger partial charge in [0.1, 0.15) is 5.00 Å². The number of carbonyl (C=O) groups is 2. The van der Waals surface area contributed by atoms with E-state index in [2.05, 4.69) is 10.6 Å². The van der Waals surface area contributed by atoms with Gasteiger partial charge >= 0.3 is 12.0 Å². The fourth-order valence-electron chi connectivity index (χ4n) is 1.74. The number of hydrogen-bond acceptors (Lipinski definition) is 4. The number of anilines is 1. The Bertz CT molecular complexity index is 440. The van der Waals surface area contributed by atoms with Crippen LogP contribution in [0.2, 0.25) is 0 Å². The highest BCUT2D eigenvalue weighted by Gasteiger charge is 2.18. The van der Waals surface area contributed by atoms with Crippen LogP contribution in [0.15, 0.2) is 11.4 Å². The number of rotatable bonds is 3. The molecule has 2 heterocycles. The van der Waals surface area contributed by atoms with Crippen molar-refractivity contribution >= 4 is 28.3 Å². The molecular formula is C11H14N2O4S. The van der Waals surface area contributed by atoms with E-state index >= 15 is 0 Å². The Morgan fingerprint density at radius 3 is 2.78 bits per heavy atom. The summed E-state index contributed by atoms with van der Waals surface area (Å²) in [6.45, 7) is 1.29. The van der Waals surface area contributed by atoms with E-state index in [1.54, 1.807) is 5.38 Å². The van der Waals surface area contributed by atoms with Crippen LogP contribution in [0.4, 0.5) is 9.80 Å². The fraction of sp³-hybridized carbons (Fsp3) is 0.455. The number of hydrogen-bond donors (Lipinski definition) is 3. The Morgan fingerprint density at radius 1 is 1.39 bits per heavy atom. The van der Waals surface area contributed by atoms with Crippen LogP contribution < -0.4 is 10.6 Å². The molecule has 18 heavy (non-hydrogen) atoms. The quantitative estimate of drug-likeness (QED) is 0.780. The van der Waals surface area contributed by atoms with Gasteiger partial charge in [-0.3, -0.25) is 5.32 Å². The first kappa shape index (κ1) is 12.8. The van der Waals surface area contributed by atoms with Crippen LogP contribution in [0.25, 0.3) is 0 Å². The van der Waals surface area contributed by atoms with Gasteiger partial charge in [-0.15, -0.1) is 11.3 Å². The molecule has 1 aromatic heterocycles. The number of amides is 2. The molecule has 1 aliphatic heterocycles. The topological polar surface area (TPSA) is 87.7 Å². The molecule has 0 atom stereocenters. The van der Waals surface area contributed by atoms with Crippen LogP contribution in [0.1, 0.15) is 23.2 Å². The molecular weight excluding hydrogens is 256 g/mol. The molecule has 2 amide bonds. The van der Waals surface area contributed by atoms with E-state index in [-0.39, 0.29) is 17.6 Å². The highest BCUT2D eigenvalue weighted by atomic mass is 32.1. The Hall–Kier alpha value is -1.60. The van der Waals surface area contributed by atoms with Crippen LogP contribution in [0.3, 0.4) is 0 Å². The highest BCUT2D eigenvalue weighted by molar-refractivity contribution is 7.14. The SMILES string of the molecule is O=C(Nc1sccc1C(=O)O)NC1CCOCC1. The van der Waals surface area contributed by atoms with Gasteiger partial charge in [0.05, 0.1) is 5.56 Å². The van der Waals surface area contributed by atoms with Crippen molar-refractivity contribution in [2.24, 2.45) is 0 Å². The van der Waals surface area contributed by atoms with Crippen molar-refractivity contribution in [2.75, 3.05) is 18.5 Å². The van der Waals surface area contributed by atoms with Gasteiger partial charge in [-0.25, -0.2) is 9.59 Å². The standard InChI is InChI=1S/C11H14N2O4S/c14-10(15)8-3-6-18-9(8)13-11(16)12-7-1-4-17-5-2-7/h3,6-7H,1-2,4-5H2,(H,14,15)(H2,12,13,16). The summed E-state index contributed by atoms with van der Waals surface area (Å²) in [4.78, 5) is 22.6. The van der Waals surface area contributed by atoms with Crippen molar-refractivity contribution in [1.82, 2.24) is 5.32 Å². The first-order chi connectivity index (χ1) is 8.66. The van der Waals surface area contributed by atoms with Gasteiger partial charge in [0.25, 0.3) is 0 Å². The normalized spacial score (nSPS) is 16.2. The lowest BCUT2D eigenvalue weighted by Crippen LogP contribution is -2.41. The minimum absolute atomic E-state index is 0.0898. The van der Waals surface area contributed by atoms with Crippen LogP contribution >= 0.6 is 11.3 Å². The van der Waals surface area contributed by atoms with Crippen LogP contribution in [-0.2, 0) is 4.74 Å².